The third-order valence-electron chi connectivity index (χ3n) is 3.68. The molecule has 1 fully saturated rings. The minimum atomic E-state index is -0.354. The summed E-state index contributed by atoms with van der Waals surface area (Å²) in [7, 11) is 0. The Morgan fingerprint density at radius 1 is 1.60 bits per heavy atom. The van der Waals surface area contributed by atoms with Gasteiger partial charge in [0.25, 0.3) is 0 Å². The summed E-state index contributed by atoms with van der Waals surface area (Å²) in [6.07, 6.45) is 1.08. The molecule has 5 nitrogen and oxygen atoms in total. The number of halogens is 1. The zero-order valence-corrected chi connectivity index (χ0v) is 11.7. The van der Waals surface area contributed by atoms with Crippen LogP contribution in [-0.4, -0.2) is 53.9 Å². The summed E-state index contributed by atoms with van der Waals surface area (Å²) in [6.45, 7) is 5.08. The molecule has 20 heavy (non-hydrogen) atoms. The third-order valence-corrected chi connectivity index (χ3v) is 3.68. The van der Waals surface area contributed by atoms with Crippen LogP contribution in [0.3, 0.4) is 0 Å². The second-order valence-corrected chi connectivity index (χ2v) is 5.34. The van der Waals surface area contributed by atoms with Crippen LogP contribution in [0.2, 0.25) is 0 Å². The molecule has 3 atom stereocenters. The Bertz CT molecular complexity index is 415. The van der Waals surface area contributed by atoms with Crippen molar-refractivity contribution in [2.45, 2.75) is 19.1 Å². The van der Waals surface area contributed by atoms with E-state index in [2.05, 4.69) is 16.8 Å². The van der Waals surface area contributed by atoms with Gasteiger partial charge >= 0.3 is 0 Å². The summed E-state index contributed by atoms with van der Waals surface area (Å²) in [5, 5.41) is 9.13. The zero-order chi connectivity index (χ0) is 14.5. The van der Waals surface area contributed by atoms with Crippen molar-refractivity contribution in [2.24, 2.45) is 11.7 Å². The van der Waals surface area contributed by atoms with E-state index in [1.165, 1.54) is 12.3 Å². The molecular weight excluding hydrogens is 261 g/mol. The van der Waals surface area contributed by atoms with E-state index in [9.17, 15) is 4.39 Å². The number of ether oxygens (including phenoxy) is 1. The molecule has 2 rings (SSSR count). The summed E-state index contributed by atoms with van der Waals surface area (Å²) in [6, 6.07) is 2.78. The van der Waals surface area contributed by atoms with E-state index in [0.717, 1.165) is 13.1 Å². The number of pyridine rings is 1. The van der Waals surface area contributed by atoms with Crippen LogP contribution in [0.1, 0.15) is 18.7 Å². The van der Waals surface area contributed by atoms with Gasteiger partial charge in [0.15, 0.2) is 0 Å². The number of aliphatic hydroxyl groups is 1. The van der Waals surface area contributed by atoms with E-state index in [-0.39, 0.29) is 30.5 Å². The molecule has 6 heteroatoms. The quantitative estimate of drug-likeness (QED) is 0.826. The van der Waals surface area contributed by atoms with Gasteiger partial charge in [0.1, 0.15) is 5.82 Å². The lowest BCUT2D eigenvalue weighted by Crippen LogP contribution is -2.46. The predicted molar refractivity (Wildman–Crippen MR) is 73.6 cm³/mol. The highest BCUT2D eigenvalue weighted by molar-refractivity contribution is 5.10. The maximum absolute atomic E-state index is 12.9. The zero-order valence-electron chi connectivity index (χ0n) is 11.7. The molecule has 0 bridgehead atoms. The maximum Gasteiger partial charge on any atom is 0.141 e. The molecule has 0 spiro atoms. The fourth-order valence-electron chi connectivity index (χ4n) is 2.45. The first-order chi connectivity index (χ1) is 9.60. The van der Waals surface area contributed by atoms with E-state index in [0.29, 0.717) is 18.8 Å². The van der Waals surface area contributed by atoms with Crippen molar-refractivity contribution in [3.63, 3.8) is 0 Å². The topological polar surface area (TPSA) is 71.6 Å². The van der Waals surface area contributed by atoms with Gasteiger partial charge in [-0.3, -0.25) is 9.88 Å². The van der Waals surface area contributed by atoms with Crippen LogP contribution in [0.15, 0.2) is 18.3 Å². The Hall–Kier alpha value is -1.08. The Morgan fingerprint density at radius 3 is 3.05 bits per heavy atom. The van der Waals surface area contributed by atoms with Crippen LogP contribution in [-0.2, 0) is 4.74 Å². The van der Waals surface area contributed by atoms with Crippen molar-refractivity contribution in [1.29, 1.82) is 0 Å². The number of nitrogens with zero attached hydrogens (tertiary/aromatic N) is 2. The van der Waals surface area contributed by atoms with Gasteiger partial charge in [-0.25, -0.2) is 4.39 Å². The molecule has 3 unspecified atom stereocenters. The van der Waals surface area contributed by atoms with Gasteiger partial charge in [-0.1, -0.05) is 6.92 Å². The molecule has 112 valence electrons. The van der Waals surface area contributed by atoms with Crippen LogP contribution >= 0.6 is 0 Å². The van der Waals surface area contributed by atoms with E-state index >= 15 is 0 Å². The summed E-state index contributed by atoms with van der Waals surface area (Å²) in [4.78, 5) is 6.27. The molecule has 0 saturated carbocycles. The number of nitrogens with two attached hydrogens (primary N) is 1. The first-order valence-electron chi connectivity index (χ1n) is 6.92. The van der Waals surface area contributed by atoms with Gasteiger partial charge < -0.3 is 15.6 Å². The van der Waals surface area contributed by atoms with Crippen molar-refractivity contribution in [3.8, 4) is 0 Å². The van der Waals surface area contributed by atoms with E-state index < -0.39 is 0 Å². The first kappa shape index (κ1) is 15.3. The molecule has 1 aromatic rings. The standard InChI is InChI=1S/C14H22FN3O2/c1-10(7-18-4-5-20-12(8-18)9-19)14(16)13-3-2-11(15)6-17-13/h2-3,6,10,12,14,19H,4-5,7-9,16H2,1H3. The van der Waals surface area contributed by atoms with Crippen molar-refractivity contribution in [3.05, 3.63) is 29.8 Å². The smallest absolute Gasteiger partial charge is 0.141 e. The average molecular weight is 283 g/mol. The van der Waals surface area contributed by atoms with E-state index in [4.69, 9.17) is 15.6 Å². The van der Waals surface area contributed by atoms with Gasteiger partial charge in [-0.15, -0.1) is 0 Å². The van der Waals surface area contributed by atoms with E-state index in [1.807, 2.05) is 0 Å². The predicted octanol–water partition coefficient (Wildman–Crippen LogP) is 0.550. The Kier molecular flexibility index (Phi) is 5.42. The Morgan fingerprint density at radius 2 is 2.40 bits per heavy atom. The fourth-order valence-corrected chi connectivity index (χ4v) is 2.45. The lowest BCUT2D eigenvalue weighted by atomic mass is 9.98. The molecule has 0 aliphatic carbocycles. The number of hydrogen-bond donors (Lipinski definition) is 2. The summed E-state index contributed by atoms with van der Waals surface area (Å²) in [5.41, 5.74) is 6.88. The molecule has 0 radical (unpaired) electrons. The Balaban J connectivity index is 1.90. The maximum atomic E-state index is 12.9. The second kappa shape index (κ2) is 7.08. The molecular formula is C14H22FN3O2. The average Bonchev–Trinajstić information content (AvgIpc) is 2.47. The minimum absolute atomic E-state index is 0.0381. The van der Waals surface area contributed by atoms with Gasteiger partial charge in [-0.05, 0) is 18.1 Å². The molecule has 3 N–H and O–H groups in total. The van der Waals surface area contributed by atoms with Crippen LogP contribution < -0.4 is 5.73 Å². The van der Waals surface area contributed by atoms with Gasteiger partial charge in [0.05, 0.1) is 37.3 Å². The summed E-state index contributed by atoms with van der Waals surface area (Å²) >= 11 is 0. The number of aromatic nitrogens is 1. The highest BCUT2D eigenvalue weighted by Gasteiger charge is 2.24. The molecule has 1 aliphatic heterocycles. The lowest BCUT2D eigenvalue weighted by molar-refractivity contribution is -0.0563. The van der Waals surface area contributed by atoms with Crippen molar-refractivity contribution in [2.75, 3.05) is 32.8 Å². The van der Waals surface area contributed by atoms with Gasteiger partial charge in [-0.2, -0.15) is 0 Å². The van der Waals surface area contributed by atoms with Crippen LogP contribution in [0.4, 0.5) is 4.39 Å². The van der Waals surface area contributed by atoms with Gasteiger partial charge in [0.2, 0.25) is 0 Å². The van der Waals surface area contributed by atoms with E-state index in [1.54, 1.807) is 6.07 Å². The van der Waals surface area contributed by atoms with Crippen LogP contribution in [0, 0.1) is 11.7 Å². The normalized spacial score (nSPS) is 23.5. The highest BCUT2D eigenvalue weighted by atomic mass is 19.1. The third kappa shape index (κ3) is 3.96. The molecule has 0 amide bonds. The van der Waals surface area contributed by atoms with Gasteiger partial charge in [0, 0.05) is 19.6 Å². The second-order valence-electron chi connectivity index (χ2n) is 5.34. The number of hydrogen-bond acceptors (Lipinski definition) is 5. The molecule has 0 aromatic carbocycles. The number of morpholine rings is 1. The lowest BCUT2D eigenvalue weighted by Gasteiger charge is -2.34. The SMILES string of the molecule is CC(CN1CCOC(CO)C1)C(N)c1ccc(F)cn1. The Labute approximate surface area is 118 Å². The first-order valence-corrected chi connectivity index (χ1v) is 6.92. The van der Waals surface area contributed by atoms with Crippen LogP contribution in [0.5, 0.6) is 0 Å². The van der Waals surface area contributed by atoms with Crippen molar-refractivity contribution in [1.82, 2.24) is 9.88 Å². The van der Waals surface area contributed by atoms with Crippen molar-refractivity contribution >= 4 is 0 Å². The molecule has 2 heterocycles. The summed E-state index contributed by atoms with van der Waals surface area (Å²) < 4.78 is 18.3. The van der Waals surface area contributed by atoms with Crippen molar-refractivity contribution < 1.29 is 14.2 Å². The van der Waals surface area contributed by atoms with Crippen LogP contribution in [0.25, 0.3) is 0 Å². The molecule has 1 aromatic heterocycles. The fraction of sp³-hybridized carbons (Fsp3) is 0.643. The highest BCUT2D eigenvalue weighted by Crippen LogP contribution is 2.19. The minimum Gasteiger partial charge on any atom is -0.394 e. The largest absolute Gasteiger partial charge is 0.394 e. The number of rotatable bonds is 5. The molecule has 1 aliphatic rings. The molecule has 1 saturated heterocycles. The summed E-state index contributed by atoms with van der Waals surface area (Å²) in [5.74, 6) is -0.169. The number of aliphatic hydroxyl groups excluding tert-OH is 1. The monoisotopic (exact) mass is 283 g/mol.